The summed E-state index contributed by atoms with van der Waals surface area (Å²) in [7, 11) is 0. The first kappa shape index (κ1) is 9.80. The summed E-state index contributed by atoms with van der Waals surface area (Å²) in [5, 5.41) is 1.06. The molecule has 3 nitrogen and oxygen atoms in total. The minimum absolute atomic E-state index is 0.487. The average Bonchev–Trinajstić information content (AvgIpc) is 2.29. The molecular weight excluding hydrogens is 188 g/mol. The second-order valence-corrected chi connectivity index (χ2v) is 3.46. The van der Waals surface area contributed by atoms with Gasteiger partial charge in [0, 0.05) is 11.6 Å². The lowest BCUT2D eigenvalue weighted by molar-refractivity contribution is 0.541. The number of benzene rings is 1. The van der Waals surface area contributed by atoms with Crippen LogP contribution in [0.2, 0.25) is 0 Å². The van der Waals surface area contributed by atoms with Crippen LogP contribution in [0.15, 0.2) is 36.5 Å². The van der Waals surface area contributed by atoms with Gasteiger partial charge in [-0.05, 0) is 24.1 Å². The summed E-state index contributed by atoms with van der Waals surface area (Å²) in [6, 6.07) is 9.28. The van der Waals surface area contributed by atoms with E-state index in [0.717, 1.165) is 16.5 Å². The molecule has 0 amide bonds. The van der Waals surface area contributed by atoms with Crippen LogP contribution in [0.4, 0.5) is 0 Å². The summed E-state index contributed by atoms with van der Waals surface area (Å²) >= 11 is 0. The number of nitrogens with two attached hydrogens (primary N) is 1. The molecule has 1 atom stereocenters. The van der Waals surface area contributed by atoms with Crippen LogP contribution in [-0.4, -0.2) is 17.3 Å². The minimum atomic E-state index is -0.562. The number of rotatable bonds is 3. The SMILES string of the molecule is N[C@H]([C]=O)Cc1cnc2ccccc2c1. The quantitative estimate of drug-likeness (QED) is 0.808. The molecule has 3 heteroatoms. The van der Waals surface area contributed by atoms with Crippen molar-refractivity contribution < 1.29 is 4.79 Å². The van der Waals surface area contributed by atoms with Crippen LogP contribution >= 0.6 is 0 Å². The van der Waals surface area contributed by atoms with Gasteiger partial charge in [-0.25, -0.2) is 0 Å². The van der Waals surface area contributed by atoms with E-state index in [9.17, 15) is 4.79 Å². The van der Waals surface area contributed by atoms with Gasteiger partial charge in [0.2, 0.25) is 6.29 Å². The van der Waals surface area contributed by atoms with Crippen LogP contribution in [0.25, 0.3) is 10.9 Å². The van der Waals surface area contributed by atoms with E-state index in [2.05, 4.69) is 4.98 Å². The summed E-state index contributed by atoms with van der Waals surface area (Å²) in [5.41, 5.74) is 7.41. The third-order valence-corrected chi connectivity index (χ3v) is 2.25. The summed E-state index contributed by atoms with van der Waals surface area (Å²) < 4.78 is 0. The number of nitrogens with zero attached hydrogens (tertiary/aromatic N) is 1. The molecule has 0 aliphatic carbocycles. The molecule has 0 saturated heterocycles. The van der Waals surface area contributed by atoms with E-state index in [0.29, 0.717) is 6.42 Å². The Morgan fingerprint density at radius 3 is 3.00 bits per heavy atom. The Hall–Kier alpha value is -1.74. The van der Waals surface area contributed by atoms with Crippen LogP contribution in [0.1, 0.15) is 5.56 Å². The molecule has 1 aromatic heterocycles. The molecule has 75 valence electrons. The molecule has 0 aliphatic rings. The van der Waals surface area contributed by atoms with E-state index >= 15 is 0 Å². The van der Waals surface area contributed by atoms with E-state index in [-0.39, 0.29) is 0 Å². The van der Waals surface area contributed by atoms with E-state index in [4.69, 9.17) is 5.73 Å². The number of carbonyl (C=O) groups excluding carboxylic acids is 1. The molecule has 2 aromatic rings. The lowest BCUT2D eigenvalue weighted by Gasteiger charge is -2.04. The summed E-state index contributed by atoms with van der Waals surface area (Å²) in [5.74, 6) is 0. The molecule has 0 spiro atoms. The van der Waals surface area contributed by atoms with Crippen LogP contribution in [0.5, 0.6) is 0 Å². The molecule has 0 saturated carbocycles. The van der Waals surface area contributed by atoms with Crippen molar-refractivity contribution in [2.75, 3.05) is 0 Å². The fourth-order valence-corrected chi connectivity index (χ4v) is 1.52. The Kier molecular flexibility index (Phi) is 2.74. The van der Waals surface area contributed by atoms with Gasteiger partial charge < -0.3 is 5.73 Å². The number of hydrogen-bond acceptors (Lipinski definition) is 3. The minimum Gasteiger partial charge on any atom is -0.321 e. The van der Waals surface area contributed by atoms with Gasteiger partial charge in [0.1, 0.15) is 0 Å². The molecule has 15 heavy (non-hydrogen) atoms. The Balaban J connectivity index is 2.34. The number of fused-ring (bicyclic) bond motifs is 1. The fraction of sp³-hybridized carbons (Fsp3) is 0.167. The molecule has 0 aliphatic heterocycles. The Morgan fingerprint density at radius 1 is 1.40 bits per heavy atom. The first-order valence-electron chi connectivity index (χ1n) is 4.76. The first-order valence-corrected chi connectivity index (χ1v) is 4.76. The zero-order valence-electron chi connectivity index (χ0n) is 8.18. The van der Waals surface area contributed by atoms with Crippen molar-refractivity contribution in [2.24, 2.45) is 5.73 Å². The van der Waals surface area contributed by atoms with Crippen molar-refractivity contribution in [2.45, 2.75) is 12.5 Å². The molecule has 0 fully saturated rings. The van der Waals surface area contributed by atoms with E-state index < -0.39 is 6.04 Å². The van der Waals surface area contributed by atoms with Crippen molar-refractivity contribution in [3.8, 4) is 0 Å². The average molecular weight is 199 g/mol. The van der Waals surface area contributed by atoms with Crippen molar-refractivity contribution in [1.82, 2.24) is 4.98 Å². The molecule has 1 heterocycles. The predicted molar refractivity (Wildman–Crippen MR) is 59.1 cm³/mol. The van der Waals surface area contributed by atoms with Gasteiger partial charge in [-0.3, -0.25) is 9.78 Å². The summed E-state index contributed by atoms with van der Waals surface area (Å²) in [6.45, 7) is 0. The van der Waals surface area contributed by atoms with E-state index in [1.165, 1.54) is 0 Å². The van der Waals surface area contributed by atoms with Crippen LogP contribution in [-0.2, 0) is 11.2 Å². The van der Waals surface area contributed by atoms with Gasteiger partial charge in [-0.2, -0.15) is 0 Å². The molecule has 2 rings (SSSR count). The fourth-order valence-electron chi connectivity index (χ4n) is 1.52. The number of aromatic nitrogens is 1. The number of hydrogen-bond donors (Lipinski definition) is 1. The van der Waals surface area contributed by atoms with Crippen LogP contribution in [0, 0.1) is 0 Å². The van der Waals surface area contributed by atoms with Crippen molar-refractivity contribution in [1.29, 1.82) is 0 Å². The second kappa shape index (κ2) is 4.19. The zero-order valence-corrected chi connectivity index (χ0v) is 8.18. The predicted octanol–water partition coefficient (Wildman–Crippen LogP) is 1.21. The van der Waals surface area contributed by atoms with E-state index in [1.54, 1.807) is 12.5 Å². The number of para-hydroxylation sites is 1. The number of pyridine rings is 1. The highest BCUT2D eigenvalue weighted by Crippen LogP contribution is 2.13. The van der Waals surface area contributed by atoms with Gasteiger partial charge in [0.25, 0.3) is 0 Å². The maximum absolute atomic E-state index is 10.3. The molecule has 0 bridgehead atoms. The van der Waals surface area contributed by atoms with Crippen molar-refractivity contribution in [3.63, 3.8) is 0 Å². The third-order valence-electron chi connectivity index (χ3n) is 2.25. The maximum Gasteiger partial charge on any atom is 0.217 e. The normalized spacial score (nSPS) is 12.6. The summed E-state index contributed by atoms with van der Waals surface area (Å²) in [6.07, 6.45) is 4.00. The lowest BCUT2D eigenvalue weighted by atomic mass is 10.1. The van der Waals surface area contributed by atoms with Gasteiger partial charge in [0.15, 0.2) is 0 Å². The molecular formula is C12H11N2O. The molecule has 2 N–H and O–H groups in total. The Bertz CT molecular complexity index is 482. The lowest BCUT2D eigenvalue weighted by Crippen LogP contribution is -2.24. The van der Waals surface area contributed by atoms with Crippen molar-refractivity contribution >= 4 is 17.2 Å². The third kappa shape index (κ3) is 2.19. The smallest absolute Gasteiger partial charge is 0.217 e. The van der Waals surface area contributed by atoms with Gasteiger partial charge in [-0.1, -0.05) is 18.2 Å². The summed E-state index contributed by atoms with van der Waals surface area (Å²) in [4.78, 5) is 14.6. The monoisotopic (exact) mass is 199 g/mol. The second-order valence-electron chi connectivity index (χ2n) is 3.46. The zero-order chi connectivity index (χ0) is 10.7. The Labute approximate surface area is 87.9 Å². The van der Waals surface area contributed by atoms with Gasteiger partial charge in [-0.15, -0.1) is 0 Å². The Morgan fingerprint density at radius 2 is 2.20 bits per heavy atom. The first-order chi connectivity index (χ1) is 7.29. The highest BCUT2D eigenvalue weighted by atomic mass is 16.1. The van der Waals surface area contributed by atoms with Gasteiger partial charge in [0.05, 0.1) is 11.6 Å². The van der Waals surface area contributed by atoms with Crippen molar-refractivity contribution in [3.05, 3.63) is 42.1 Å². The highest BCUT2D eigenvalue weighted by Gasteiger charge is 2.04. The van der Waals surface area contributed by atoms with Crippen LogP contribution in [0.3, 0.4) is 0 Å². The maximum atomic E-state index is 10.3. The standard InChI is InChI=1S/C12H11N2O/c13-11(8-15)6-9-5-10-3-1-2-4-12(10)14-7-9/h1-5,7,11H,6,13H2/t11-/m0/s1. The molecule has 1 radical (unpaired) electrons. The highest BCUT2D eigenvalue weighted by molar-refractivity contribution is 5.78. The van der Waals surface area contributed by atoms with Crippen LogP contribution < -0.4 is 5.73 Å². The topological polar surface area (TPSA) is 56.0 Å². The molecule has 0 unspecified atom stereocenters. The van der Waals surface area contributed by atoms with Gasteiger partial charge >= 0.3 is 0 Å². The molecule has 1 aromatic carbocycles. The van der Waals surface area contributed by atoms with E-state index in [1.807, 2.05) is 30.3 Å². The largest absolute Gasteiger partial charge is 0.321 e.